The van der Waals surface area contributed by atoms with Crippen LogP contribution in [0, 0.1) is 0 Å². The molecular weight excluding hydrogens is 474 g/mol. The molecule has 2 aromatic heterocycles. The van der Waals surface area contributed by atoms with Crippen molar-refractivity contribution in [1.29, 1.82) is 0 Å². The molecule has 0 saturated carbocycles. The molecule has 13 heteroatoms. The zero-order chi connectivity index (χ0) is 25.7. The Labute approximate surface area is 207 Å². The summed E-state index contributed by atoms with van der Waals surface area (Å²) in [7, 11) is 0. The van der Waals surface area contributed by atoms with Gasteiger partial charge in [-0.25, -0.2) is 19.1 Å². The van der Waals surface area contributed by atoms with Crippen molar-refractivity contribution >= 4 is 46.1 Å². The van der Waals surface area contributed by atoms with E-state index in [9.17, 15) is 9.59 Å². The van der Waals surface area contributed by atoms with E-state index in [1.54, 1.807) is 6.92 Å². The van der Waals surface area contributed by atoms with E-state index in [0.29, 0.717) is 32.0 Å². The van der Waals surface area contributed by atoms with Crippen molar-refractivity contribution in [3.05, 3.63) is 34.9 Å². The maximum absolute atomic E-state index is 12.7. The van der Waals surface area contributed by atoms with Gasteiger partial charge in [0, 0.05) is 6.07 Å². The fourth-order valence-corrected chi connectivity index (χ4v) is 3.84. The average molecular weight is 505 g/mol. The molecule has 0 aliphatic rings. The Kier molecular flexibility index (Phi) is 8.30. The number of nitrogens with two attached hydrogens (primary N) is 3. The van der Waals surface area contributed by atoms with Crippen molar-refractivity contribution in [3.8, 4) is 5.75 Å². The maximum atomic E-state index is 12.7. The largest absolute Gasteiger partial charge is 0.492 e. The molecule has 0 spiro atoms. The van der Waals surface area contributed by atoms with Crippen LogP contribution in [0.15, 0.2) is 18.2 Å². The smallest absolute Gasteiger partial charge is 0.277 e. The van der Waals surface area contributed by atoms with Gasteiger partial charge in [-0.2, -0.15) is 0 Å². The van der Waals surface area contributed by atoms with Gasteiger partial charge < -0.3 is 32.6 Å². The van der Waals surface area contributed by atoms with Crippen LogP contribution in [0.1, 0.15) is 37.1 Å². The van der Waals surface area contributed by atoms with Gasteiger partial charge in [0.1, 0.15) is 18.9 Å². The molecule has 8 N–H and O–H groups in total. The van der Waals surface area contributed by atoms with Crippen LogP contribution in [0.25, 0.3) is 11.0 Å². The Morgan fingerprint density at radius 2 is 1.94 bits per heavy atom. The average Bonchev–Trinajstić information content (AvgIpc) is 3.13. The lowest BCUT2D eigenvalue weighted by Gasteiger charge is -2.09. The predicted octanol–water partition coefficient (Wildman–Crippen LogP) is 0.349. The molecule has 0 aliphatic carbocycles. The molecule has 35 heavy (non-hydrogen) atoms. The van der Waals surface area contributed by atoms with Gasteiger partial charge in [-0.15, -0.1) is 0 Å². The van der Waals surface area contributed by atoms with Crippen LogP contribution in [-0.2, 0) is 24.4 Å². The zero-order valence-electron chi connectivity index (χ0n) is 20.0. The van der Waals surface area contributed by atoms with Crippen molar-refractivity contribution < 1.29 is 18.9 Å². The van der Waals surface area contributed by atoms with Gasteiger partial charge in [-0.3, -0.25) is 9.59 Å². The fourth-order valence-electron chi connectivity index (χ4n) is 3.71. The van der Waals surface area contributed by atoms with Gasteiger partial charge in [-0.05, 0) is 32.9 Å². The summed E-state index contributed by atoms with van der Waals surface area (Å²) in [6, 6.07) is 5.21. The normalized spacial score (nSPS) is 11.9. The molecule has 2 heterocycles. The number of anilines is 2. The van der Waals surface area contributed by atoms with Crippen LogP contribution in [0.4, 0.5) is 11.6 Å². The minimum atomic E-state index is -0.567. The number of carbonyl (C=O) groups is 2. The Hall–Kier alpha value is -3.64. The van der Waals surface area contributed by atoms with E-state index in [4.69, 9.17) is 33.5 Å². The van der Waals surface area contributed by atoms with Crippen LogP contribution in [0.5, 0.6) is 5.75 Å². The Morgan fingerprint density at radius 1 is 1.20 bits per heavy atom. The van der Waals surface area contributed by atoms with Crippen LogP contribution < -0.4 is 37.1 Å². The van der Waals surface area contributed by atoms with E-state index in [1.807, 2.05) is 32.0 Å². The number of nitrogens with zero attached hydrogens (tertiary/aromatic N) is 4. The molecule has 1 aromatic carbocycles. The summed E-state index contributed by atoms with van der Waals surface area (Å²) in [6.07, 6.45) is 0. The number of amides is 2. The molecule has 0 fully saturated rings. The molecule has 0 saturated heterocycles. The highest BCUT2D eigenvalue weighted by molar-refractivity contribution is 6.31. The van der Waals surface area contributed by atoms with Crippen molar-refractivity contribution in [2.45, 2.75) is 46.4 Å². The molecule has 2 amide bonds. The summed E-state index contributed by atoms with van der Waals surface area (Å²) < 4.78 is 10.0. The van der Waals surface area contributed by atoms with Gasteiger partial charge in [0.25, 0.3) is 11.7 Å². The maximum Gasteiger partial charge on any atom is 0.277 e. The highest BCUT2D eigenvalue weighted by atomic mass is 35.5. The Balaban J connectivity index is 1.80. The molecule has 0 unspecified atom stereocenters. The number of benzene rings is 1. The van der Waals surface area contributed by atoms with Crippen LogP contribution in [0.3, 0.4) is 0 Å². The Morgan fingerprint density at radius 3 is 2.60 bits per heavy atom. The molecule has 0 aliphatic heterocycles. The lowest BCUT2D eigenvalue weighted by Crippen LogP contribution is -2.40. The lowest BCUT2D eigenvalue weighted by atomic mass is 10.3. The molecule has 188 valence electrons. The number of nitrogen functional groups attached to an aromatic ring is 2. The van der Waals surface area contributed by atoms with Gasteiger partial charge in [0.15, 0.2) is 33.5 Å². The summed E-state index contributed by atoms with van der Waals surface area (Å²) in [4.78, 5) is 32.1. The number of ether oxygens (including phenoxy) is 1. The fraction of sp³-hybridized carbons (Fsp3) is 0.409. The summed E-state index contributed by atoms with van der Waals surface area (Å²) in [6.45, 7) is 7.90. The number of fused-ring (bicyclic) bond motifs is 1. The van der Waals surface area contributed by atoms with E-state index in [2.05, 4.69) is 29.7 Å². The molecule has 3 aromatic rings. The number of hydrogen-bond donors (Lipinski definition) is 5. The molecule has 1 atom stereocenters. The third-order valence-electron chi connectivity index (χ3n) is 5.39. The number of imidazole rings is 1. The van der Waals surface area contributed by atoms with Crippen LogP contribution in [0.2, 0.25) is 5.15 Å². The highest BCUT2D eigenvalue weighted by Gasteiger charge is 2.25. The molecule has 0 bridgehead atoms. The summed E-state index contributed by atoms with van der Waals surface area (Å²) in [5.74, 6) is 0.678. The summed E-state index contributed by atoms with van der Waals surface area (Å²) >= 11 is 5.90. The van der Waals surface area contributed by atoms with Gasteiger partial charge in [-0.1, -0.05) is 11.6 Å². The van der Waals surface area contributed by atoms with E-state index in [-0.39, 0.29) is 34.9 Å². The first-order chi connectivity index (χ1) is 16.7. The second-order valence-corrected chi connectivity index (χ2v) is 8.16. The van der Waals surface area contributed by atoms with Gasteiger partial charge in [0.2, 0.25) is 5.91 Å². The second-order valence-electron chi connectivity index (χ2n) is 7.80. The number of halogens is 1. The summed E-state index contributed by atoms with van der Waals surface area (Å²) in [5, 5.41) is 5.48. The topological polar surface area (TPSA) is 180 Å². The zero-order valence-corrected chi connectivity index (χ0v) is 20.7. The number of aromatic nitrogens is 4. The number of rotatable bonds is 10. The third-order valence-corrected chi connectivity index (χ3v) is 5.67. The molecule has 12 nitrogen and oxygen atoms in total. The van der Waals surface area contributed by atoms with Gasteiger partial charge >= 0.3 is 0 Å². The first-order valence-corrected chi connectivity index (χ1v) is 11.6. The van der Waals surface area contributed by atoms with E-state index in [0.717, 1.165) is 16.9 Å². The van der Waals surface area contributed by atoms with E-state index >= 15 is 0 Å². The standard InChI is InChI=1S/C22H30ClN9O3/c1-4-31-14-7-6-13(35-9-8-27-21(33)12(3)24)10-15(14)32(5-2)16(31)11-28-22(34)17-19(25)30-20(26)18(23)29-17/h6-7,10,12H,4-5,8-9,11,24H2,1-3H3,(H5-,25,26,27,28,30,33,34)/p+1/t12-/m0/s1. The number of hydrogen-bond acceptors (Lipinski definition) is 8. The lowest BCUT2D eigenvalue weighted by molar-refractivity contribution is -0.676. The van der Waals surface area contributed by atoms with Crippen molar-refractivity contribution in [1.82, 2.24) is 25.2 Å². The minimum absolute atomic E-state index is 0.0370. The number of nitrogens with one attached hydrogen (secondary N) is 2. The molecule has 3 rings (SSSR count). The molecule has 0 radical (unpaired) electrons. The van der Waals surface area contributed by atoms with E-state index in [1.165, 1.54) is 0 Å². The van der Waals surface area contributed by atoms with Crippen LogP contribution in [-0.4, -0.2) is 45.5 Å². The Bertz CT molecular complexity index is 1240. The predicted molar refractivity (Wildman–Crippen MR) is 133 cm³/mol. The van der Waals surface area contributed by atoms with Crippen molar-refractivity contribution in [3.63, 3.8) is 0 Å². The van der Waals surface area contributed by atoms with Crippen molar-refractivity contribution in [2.75, 3.05) is 24.6 Å². The third kappa shape index (κ3) is 5.72. The number of carbonyl (C=O) groups excluding carboxylic acids is 2. The van der Waals surface area contributed by atoms with Gasteiger partial charge in [0.05, 0.1) is 25.7 Å². The first kappa shape index (κ1) is 26.0. The SMILES string of the molecule is CCn1c(CNC(=O)c2nc(Cl)c(N)nc2N)[n+](CC)c2ccc(OCCNC(=O)[C@H](C)N)cc21. The van der Waals surface area contributed by atoms with E-state index < -0.39 is 11.9 Å². The minimum Gasteiger partial charge on any atom is -0.492 e. The highest BCUT2D eigenvalue weighted by Crippen LogP contribution is 2.22. The first-order valence-electron chi connectivity index (χ1n) is 11.3. The number of aryl methyl sites for hydroxylation is 2. The van der Waals surface area contributed by atoms with Crippen LogP contribution >= 0.6 is 11.6 Å². The molecular formula is C22H31ClN9O3+. The monoisotopic (exact) mass is 504 g/mol. The van der Waals surface area contributed by atoms with Crippen molar-refractivity contribution in [2.24, 2.45) is 5.73 Å². The second kappa shape index (κ2) is 11.2. The quantitative estimate of drug-likeness (QED) is 0.193. The summed E-state index contributed by atoms with van der Waals surface area (Å²) in [5.41, 5.74) is 18.8.